The minimum Gasteiger partial charge on any atom is -0.374 e. The zero-order valence-electron chi connectivity index (χ0n) is 17.3. The van der Waals surface area contributed by atoms with Crippen molar-refractivity contribution in [2.75, 3.05) is 48.3 Å². The minimum absolute atomic E-state index is 0.0459. The van der Waals surface area contributed by atoms with Crippen molar-refractivity contribution in [3.8, 4) is 0 Å². The Bertz CT molecular complexity index is 1050. The van der Waals surface area contributed by atoms with Crippen LogP contribution >= 0.6 is 11.6 Å². The number of benzene rings is 2. The molecule has 2 heterocycles. The normalized spacial score (nSPS) is 17.1. The van der Waals surface area contributed by atoms with Gasteiger partial charge < -0.3 is 15.5 Å². The van der Waals surface area contributed by atoms with Gasteiger partial charge in [0.05, 0.1) is 22.8 Å². The lowest BCUT2D eigenvalue weighted by molar-refractivity contribution is -0.114. The van der Waals surface area contributed by atoms with Crippen LogP contribution in [0.5, 0.6) is 0 Å². The Hall–Kier alpha value is -2.29. The van der Waals surface area contributed by atoms with E-state index in [2.05, 4.69) is 15.5 Å². The van der Waals surface area contributed by atoms with Gasteiger partial charge in [-0.2, -0.15) is 4.31 Å². The lowest BCUT2D eigenvalue weighted by atomic mass is 10.2. The Morgan fingerprint density at radius 2 is 1.68 bits per heavy atom. The molecule has 0 saturated carbocycles. The largest absolute Gasteiger partial charge is 0.374 e. The van der Waals surface area contributed by atoms with E-state index in [9.17, 15) is 13.2 Å². The number of hydrogen-bond acceptors (Lipinski definition) is 5. The van der Waals surface area contributed by atoms with Gasteiger partial charge in [0, 0.05) is 36.9 Å². The molecule has 0 aliphatic carbocycles. The number of carbonyl (C=O) groups is 1. The van der Waals surface area contributed by atoms with E-state index in [1.807, 2.05) is 18.2 Å². The highest BCUT2D eigenvalue weighted by molar-refractivity contribution is 7.89. The maximum absolute atomic E-state index is 12.8. The molecule has 2 N–H and O–H groups in total. The van der Waals surface area contributed by atoms with Gasteiger partial charge in [-0.15, -0.1) is 0 Å². The summed E-state index contributed by atoms with van der Waals surface area (Å²) in [6, 6.07) is 12.1. The average molecular weight is 463 g/mol. The van der Waals surface area contributed by atoms with Crippen LogP contribution < -0.4 is 15.5 Å². The molecule has 166 valence electrons. The van der Waals surface area contributed by atoms with Gasteiger partial charge in [0.2, 0.25) is 15.9 Å². The van der Waals surface area contributed by atoms with E-state index in [4.69, 9.17) is 11.6 Å². The maximum Gasteiger partial charge on any atom is 0.243 e. The second-order valence-corrected chi connectivity index (χ2v) is 10.3. The van der Waals surface area contributed by atoms with Crippen molar-refractivity contribution in [3.63, 3.8) is 0 Å². The number of amides is 1. The molecule has 0 atom stereocenters. The van der Waals surface area contributed by atoms with E-state index in [-0.39, 0.29) is 17.3 Å². The monoisotopic (exact) mass is 462 g/mol. The SMILES string of the molecule is O=C(CNc1cc(Cl)ccc1N1CCCC1)Nc1cccc(S(=O)(=O)N2CCCC2)c1. The standard InChI is InChI=1S/C22H27ClN4O3S/c23-17-8-9-21(26-10-1-2-11-26)20(14-17)24-16-22(28)25-18-6-5-7-19(15-18)31(29,30)27-12-3-4-13-27/h5-9,14-15,24H,1-4,10-13,16H2,(H,25,28). The first-order chi connectivity index (χ1) is 14.9. The number of nitrogens with one attached hydrogen (secondary N) is 2. The van der Waals surface area contributed by atoms with E-state index in [0.29, 0.717) is 23.8 Å². The van der Waals surface area contributed by atoms with Crippen molar-refractivity contribution in [1.29, 1.82) is 0 Å². The van der Waals surface area contributed by atoms with Crippen molar-refractivity contribution < 1.29 is 13.2 Å². The first-order valence-corrected chi connectivity index (χ1v) is 12.4. The van der Waals surface area contributed by atoms with Gasteiger partial charge in [0.1, 0.15) is 0 Å². The van der Waals surface area contributed by atoms with Crippen LogP contribution in [0, 0.1) is 0 Å². The molecule has 0 unspecified atom stereocenters. The number of sulfonamides is 1. The Morgan fingerprint density at radius 3 is 2.42 bits per heavy atom. The molecule has 2 saturated heterocycles. The van der Waals surface area contributed by atoms with Crippen LogP contribution in [0.2, 0.25) is 5.02 Å². The second kappa shape index (κ2) is 9.46. The summed E-state index contributed by atoms with van der Waals surface area (Å²) in [6.45, 7) is 3.11. The molecule has 2 fully saturated rings. The van der Waals surface area contributed by atoms with Crippen molar-refractivity contribution in [2.45, 2.75) is 30.6 Å². The average Bonchev–Trinajstić information content (AvgIpc) is 3.47. The van der Waals surface area contributed by atoms with Crippen LogP contribution in [0.3, 0.4) is 0 Å². The van der Waals surface area contributed by atoms with Crippen molar-refractivity contribution in [2.24, 2.45) is 0 Å². The first-order valence-electron chi connectivity index (χ1n) is 10.6. The van der Waals surface area contributed by atoms with Crippen LogP contribution in [-0.2, 0) is 14.8 Å². The third-order valence-corrected chi connectivity index (χ3v) is 7.80. The number of anilines is 3. The Balaban J connectivity index is 1.41. The van der Waals surface area contributed by atoms with Crippen molar-refractivity contribution >= 4 is 44.6 Å². The molecule has 0 spiro atoms. The number of nitrogens with zero attached hydrogens (tertiary/aromatic N) is 2. The Kier molecular flexibility index (Phi) is 6.69. The summed E-state index contributed by atoms with van der Waals surface area (Å²) in [5, 5.41) is 6.57. The number of carbonyl (C=O) groups excluding carboxylic acids is 1. The fraction of sp³-hybridized carbons (Fsp3) is 0.409. The second-order valence-electron chi connectivity index (χ2n) is 7.90. The van der Waals surface area contributed by atoms with E-state index in [0.717, 1.165) is 50.1 Å². The zero-order chi connectivity index (χ0) is 21.8. The fourth-order valence-corrected chi connectivity index (χ4v) is 5.81. The molecule has 2 aromatic rings. The van der Waals surface area contributed by atoms with Gasteiger partial charge in [-0.3, -0.25) is 4.79 Å². The molecule has 2 aliphatic rings. The Morgan fingerprint density at radius 1 is 0.968 bits per heavy atom. The van der Waals surface area contributed by atoms with Gasteiger partial charge in [-0.1, -0.05) is 17.7 Å². The summed E-state index contributed by atoms with van der Waals surface area (Å²) in [6.07, 6.45) is 4.06. The third kappa shape index (κ3) is 5.14. The highest BCUT2D eigenvalue weighted by Gasteiger charge is 2.27. The highest BCUT2D eigenvalue weighted by Crippen LogP contribution is 2.31. The fourth-order valence-electron chi connectivity index (χ4n) is 4.08. The summed E-state index contributed by atoms with van der Waals surface area (Å²) < 4.78 is 27.0. The summed E-state index contributed by atoms with van der Waals surface area (Å²) in [5.74, 6) is -0.261. The van der Waals surface area contributed by atoms with Crippen LogP contribution in [0.15, 0.2) is 47.4 Å². The van der Waals surface area contributed by atoms with Gasteiger partial charge in [0.25, 0.3) is 0 Å². The molecule has 0 bridgehead atoms. The van der Waals surface area contributed by atoms with Crippen LogP contribution in [0.4, 0.5) is 17.1 Å². The molecule has 2 aliphatic heterocycles. The van der Waals surface area contributed by atoms with Gasteiger partial charge >= 0.3 is 0 Å². The molecule has 9 heteroatoms. The van der Waals surface area contributed by atoms with Gasteiger partial charge in [0.15, 0.2) is 0 Å². The molecule has 4 rings (SSSR count). The quantitative estimate of drug-likeness (QED) is 0.654. The van der Waals surface area contributed by atoms with E-state index in [1.165, 1.54) is 10.4 Å². The zero-order valence-corrected chi connectivity index (χ0v) is 18.9. The minimum atomic E-state index is -3.53. The molecule has 0 aromatic heterocycles. The molecule has 31 heavy (non-hydrogen) atoms. The molecular formula is C22H27ClN4O3S. The van der Waals surface area contributed by atoms with Gasteiger partial charge in [-0.05, 0) is 62.1 Å². The van der Waals surface area contributed by atoms with Crippen LogP contribution in [0.25, 0.3) is 0 Å². The molecule has 1 amide bonds. The Labute approximate surface area is 188 Å². The third-order valence-electron chi connectivity index (χ3n) is 5.67. The van der Waals surface area contributed by atoms with Crippen LogP contribution in [-0.4, -0.2) is 51.4 Å². The van der Waals surface area contributed by atoms with Crippen molar-refractivity contribution in [3.05, 3.63) is 47.5 Å². The molecule has 2 aromatic carbocycles. The van der Waals surface area contributed by atoms with E-state index < -0.39 is 10.0 Å². The lowest BCUT2D eigenvalue weighted by Gasteiger charge is -2.22. The van der Waals surface area contributed by atoms with Crippen LogP contribution in [0.1, 0.15) is 25.7 Å². The lowest BCUT2D eigenvalue weighted by Crippen LogP contribution is -2.28. The number of halogens is 1. The molecule has 0 radical (unpaired) electrons. The van der Waals surface area contributed by atoms with Gasteiger partial charge in [-0.25, -0.2) is 8.42 Å². The molecule has 7 nitrogen and oxygen atoms in total. The topological polar surface area (TPSA) is 81.8 Å². The predicted octanol–water partition coefficient (Wildman–Crippen LogP) is 3.78. The summed E-state index contributed by atoms with van der Waals surface area (Å²) >= 11 is 6.16. The van der Waals surface area contributed by atoms with E-state index >= 15 is 0 Å². The number of hydrogen-bond donors (Lipinski definition) is 2. The smallest absolute Gasteiger partial charge is 0.243 e. The van der Waals surface area contributed by atoms with E-state index in [1.54, 1.807) is 18.2 Å². The predicted molar refractivity (Wildman–Crippen MR) is 124 cm³/mol. The highest BCUT2D eigenvalue weighted by atomic mass is 35.5. The summed E-state index contributed by atoms with van der Waals surface area (Å²) in [7, 11) is -3.53. The summed E-state index contributed by atoms with van der Waals surface area (Å²) in [4.78, 5) is 15.0. The molecular weight excluding hydrogens is 436 g/mol. The summed E-state index contributed by atoms with van der Waals surface area (Å²) in [5.41, 5.74) is 2.31. The number of rotatable bonds is 7. The maximum atomic E-state index is 12.8. The van der Waals surface area contributed by atoms with Crippen molar-refractivity contribution in [1.82, 2.24) is 4.31 Å². The first kappa shape index (κ1) is 21.9.